The highest BCUT2D eigenvalue weighted by molar-refractivity contribution is 6.08. The van der Waals surface area contributed by atoms with Crippen molar-refractivity contribution in [2.24, 2.45) is 0 Å². The molecule has 0 nitrogen and oxygen atoms in total. The maximum absolute atomic E-state index is 2.22. The summed E-state index contributed by atoms with van der Waals surface area (Å²) in [5.41, 5.74) is 0. The Hall–Kier alpha value is 0.434. The first kappa shape index (κ1) is 11.3. The molecule has 0 saturated carbocycles. The van der Waals surface area contributed by atoms with E-state index in [-0.39, 0.29) is 0 Å². The Morgan fingerprint density at radius 3 is 1.00 bits per heavy atom. The quantitative estimate of drug-likeness (QED) is 0.496. The van der Waals surface area contributed by atoms with Crippen LogP contribution in [0.3, 0.4) is 0 Å². The summed E-state index contributed by atoms with van der Waals surface area (Å²) in [6.07, 6.45) is 2.76. The molecule has 0 spiro atoms. The summed E-state index contributed by atoms with van der Waals surface area (Å²) in [5.74, 6) is 0. The van der Waals surface area contributed by atoms with Crippen LogP contribution in [0.2, 0.25) is 12.1 Å². The fourth-order valence-electron chi connectivity index (χ4n) is 0. The van der Waals surface area contributed by atoms with E-state index in [9.17, 15) is 0 Å². The van der Waals surface area contributed by atoms with Gasteiger partial charge in [-0.1, -0.05) is 38.8 Å². The molecule has 0 fully saturated rings. The van der Waals surface area contributed by atoms with Gasteiger partial charge in [0.15, 0.2) is 0 Å². The van der Waals surface area contributed by atoms with Gasteiger partial charge in [-0.2, -0.15) is 0 Å². The zero-order valence-electron chi connectivity index (χ0n) is 6.83. The summed E-state index contributed by atoms with van der Waals surface area (Å²) in [6.45, 7) is 4.43. The molecule has 0 aromatic heterocycles. The zero-order chi connectivity index (χ0) is 6.83. The second-order valence-corrected chi connectivity index (χ2v) is 4.00. The van der Waals surface area contributed by atoms with Gasteiger partial charge in [0.2, 0.25) is 0 Å². The maximum Gasteiger partial charge on any atom is 0.00278 e. The molecule has 0 heterocycles. The molecule has 0 aliphatic rings. The second kappa shape index (κ2) is 15.7. The van der Waals surface area contributed by atoms with E-state index < -0.39 is 0 Å². The largest absolute Gasteiger partial charge is 0.0661 e. The van der Waals surface area contributed by atoms with Crippen molar-refractivity contribution in [3.8, 4) is 0 Å². The summed E-state index contributed by atoms with van der Waals surface area (Å²) in [6, 6.07) is 2.92. The molecule has 0 bridgehead atoms. The standard InChI is InChI=1S/2C3H10Si/c2*1-2-3-4/h2*2-3H2,1,4H3. The fraction of sp³-hybridized carbons (Fsp3) is 1.00. The second-order valence-electron chi connectivity index (χ2n) is 2.00. The molecular weight excluding hydrogens is 128 g/mol. The molecule has 0 radical (unpaired) electrons. The van der Waals surface area contributed by atoms with Crippen LogP contribution in [0.15, 0.2) is 0 Å². The Bertz CT molecular complexity index is 14.5. The molecule has 2 heteroatoms. The summed E-state index contributed by atoms with van der Waals surface area (Å²) in [7, 11) is 2.78. The predicted molar refractivity (Wildman–Crippen MR) is 50.1 cm³/mol. The van der Waals surface area contributed by atoms with Crippen LogP contribution in [0.25, 0.3) is 0 Å². The average Bonchev–Trinajstić information content (AvgIpc) is 1.88. The van der Waals surface area contributed by atoms with E-state index in [4.69, 9.17) is 0 Å². The third-order valence-corrected chi connectivity index (χ3v) is 3.00. The van der Waals surface area contributed by atoms with E-state index in [0.717, 1.165) is 0 Å². The van der Waals surface area contributed by atoms with Crippen LogP contribution in [0.5, 0.6) is 0 Å². The lowest BCUT2D eigenvalue weighted by Crippen LogP contribution is -1.55. The predicted octanol–water partition coefficient (Wildman–Crippen LogP) is 0.360. The lowest BCUT2D eigenvalue weighted by molar-refractivity contribution is 1.08. The van der Waals surface area contributed by atoms with E-state index in [1.807, 2.05) is 0 Å². The number of hydrogen-bond donors (Lipinski definition) is 0. The number of hydrogen-bond acceptors (Lipinski definition) is 0. The zero-order valence-corrected chi connectivity index (χ0v) is 10.8. The van der Waals surface area contributed by atoms with Crippen LogP contribution in [0.1, 0.15) is 26.7 Å². The highest BCUT2D eigenvalue weighted by Crippen LogP contribution is 1.74. The Labute approximate surface area is 59.9 Å². The van der Waals surface area contributed by atoms with Crippen LogP contribution in [-0.2, 0) is 0 Å². The summed E-state index contributed by atoms with van der Waals surface area (Å²) in [5, 5.41) is 0. The third kappa shape index (κ3) is 32.1. The normalized spacial score (nSPS) is 8.25. The van der Waals surface area contributed by atoms with E-state index >= 15 is 0 Å². The van der Waals surface area contributed by atoms with Gasteiger partial charge >= 0.3 is 0 Å². The summed E-state index contributed by atoms with van der Waals surface area (Å²) < 4.78 is 0. The Kier molecular flexibility index (Phi) is 22.0. The van der Waals surface area contributed by atoms with Gasteiger partial charge in [-0.25, -0.2) is 0 Å². The first-order valence-corrected chi connectivity index (χ1v) is 6.66. The van der Waals surface area contributed by atoms with Crippen molar-refractivity contribution in [3.63, 3.8) is 0 Å². The molecule has 0 atom stereocenters. The molecule has 52 valence electrons. The smallest absolute Gasteiger partial charge is 0.00278 e. The highest BCUT2D eigenvalue weighted by Gasteiger charge is 1.57. The van der Waals surface area contributed by atoms with Crippen LogP contribution >= 0.6 is 0 Å². The van der Waals surface area contributed by atoms with Gasteiger partial charge in [0.1, 0.15) is 0 Å². The molecule has 0 unspecified atom stereocenters. The SMILES string of the molecule is CCC[SiH3].CCC[SiH3]. The lowest BCUT2D eigenvalue weighted by atomic mass is 10.6. The topological polar surface area (TPSA) is 0 Å². The van der Waals surface area contributed by atoms with Gasteiger partial charge in [0.05, 0.1) is 0 Å². The fourth-order valence-corrected chi connectivity index (χ4v) is 0. The van der Waals surface area contributed by atoms with Gasteiger partial charge in [-0.15, -0.1) is 0 Å². The molecule has 0 aromatic rings. The van der Waals surface area contributed by atoms with E-state index in [0.29, 0.717) is 0 Å². The van der Waals surface area contributed by atoms with Crippen LogP contribution in [-0.4, -0.2) is 20.5 Å². The van der Waals surface area contributed by atoms with E-state index in [1.54, 1.807) is 0 Å². The first-order chi connectivity index (χ1) is 3.83. The molecule has 0 aliphatic heterocycles. The van der Waals surface area contributed by atoms with Gasteiger partial charge in [0.25, 0.3) is 0 Å². The van der Waals surface area contributed by atoms with Crippen molar-refractivity contribution < 1.29 is 0 Å². The third-order valence-electron chi connectivity index (χ3n) is 1.000. The lowest BCUT2D eigenvalue weighted by Gasteiger charge is -1.67. The highest BCUT2D eigenvalue weighted by atomic mass is 28.1. The average molecular weight is 148 g/mol. The molecule has 0 aromatic carbocycles. The Morgan fingerprint density at radius 1 is 0.875 bits per heavy atom. The molecule has 8 heavy (non-hydrogen) atoms. The van der Waals surface area contributed by atoms with Crippen molar-refractivity contribution >= 4 is 20.5 Å². The monoisotopic (exact) mass is 148 g/mol. The number of rotatable bonds is 2. The minimum atomic E-state index is 1.38. The van der Waals surface area contributed by atoms with E-state index in [2.05, 4.69) is 13.8 Å². The molecule has 0 saturated heterocycles. The van der Waals surface area contributed by atoms with E-state index in [1.165, 1.54) is 45.4 Å². The van der Waals surface area contributed by atoms with Crippen molar-refractivity contribution in [3.05, 3.63) is 0 Å². The minimum Gasteiger partial charge on any atom is -0.0661 e. The summed E-state index contributed by atoms with van der Waals surface area (Å²) in [4.78, 5) is 0. The van der Waals surface area contributed by atoms with Gasteiger partial charge in [-0.05, 0) is 0 Å². The molecule has 0 N–H and O–H groups in total. The van der Waals surface area contributed by atoms with Gasteiger partial charge < -0.3 is 0 Å². The Morgan fingerprint density at radius 2 is 1.00 bits per heavy atom. The van der Waals surface area contributed by atoms with Crippen molar-refractivity contribution in [1.29, 1.82) is 0 Å². The van der Waals surface area contributed by atoms with Crippen molar-refractivity contribution in [2.45, 2.75) is 38.8 Å². The van der Waals surface area contributed by atoms with Crippen LogP contribution in [0.4, 0.5) is 0 Å². The minimum absolute atomic E-state index is 1.38. The van der Waals surface area contributed by atoms with Crippen molar-refractivity contribution in [1.82, 2.24) is 0 Å². The summed E-state index contributed by atoms with van der Waals surface area (Å²) >= 11 is 0. The van der Waals surface area contributed by atoms with Gasteiger partial charge in [-0.3, -0.25) is 0 Å². The Balaban J connectivity index is 0. The molecule has 0 aliphatic carbocycles. The molecule has 0 amide bonds. The van der Waals surface area contributed by atoms with Crippen LogP contribution < -0.4 is 0 Å². The maximum atomic E-state index is 2.22. The van der Waals surface area contributed by atoms with Crippen LogP contribution in [0, 0.1) is 0 Å². The molecular formula is C6H20Si2. The van der Waals surface area contributed by atoms with Gasteiger partial charge in [0, 0.05) is 20.5 Å². The first-order valence-electron chi connectivity index (χ1n) is 3.83. The van der Waals surface area contributed by atoms with Crippen molar-refractivity contribution in [2.75, 3.05) is 0 Å². The molecule has 0 rings (SSSR count).